The Morgan fingerprint density at radius 3 is 1.68 bits per heavy atom. The van der Waals surface area contributed by atoms with Gasteiger partial charge in [0.1, 0.15) is 0 Å². The van der Waals surface area contributed by atoms with Crippen LogP contribution in [-0.4, -0.2) is 37.4 Å². The molecule has 6 nitrogen and oxygen atoms in total. The maximum absolute atomic E-state index is 12.1. The summed E-state index contributed by atoms with van der Waals surface area (Å²) in [6, 6.07) is 6.85. The van der Waals surface area contributed by atoms with E-state index in [4.69, 9.17) is 18.9 Å². The highest BCUT2D eigenvalue weighted by Gasteiger charge is 2.44. The first-order valence-electron chi connectivity index (χ1n) is 7.43. The summed E-state index contributed by atoms with van der Waals surface area (Å²) >= 11 is 0. The highest BCUT2D eigenvalue weighted by molar-refractivity contribution is 5.87. The molecule has 1 aliphatic rings. The Hall–Kier alpha value is -2.24. The Balaban J connectivity index is 2.18. The van der Waals surface area contributed by atoms with Crippen LogP contribution in [0.3, 0.4) is 0 Å². The minimum absolute atomic E-state index is 0.261. The standard InChI is InChI=1S/C16H20O6/c1-3-9-19-15(17)13-14(16(18)20-10-4-2)22-12-8-6-5-7-11(12)21-13/h5-8,13-14H,3-4,9-10H2,1-2H3. The van der Waals surface area contributed by atoms with Gasteiger partial charge in [-0.3, -0.25) is 0 Å². The highest BCUT2D eigenvalue weighted by Crippen LogP contribution is 2.34. The largest absolute Gasteiger partial charge is 0.470 e. The maximum Gasteiger partial charge on any atom is 0.351 e. The van der Waals surface area contributed by atoms with Gasteiger partial charge in [-0.15, -0.1) is 0 Å². The first-order chi connectivity index (χ1) is 10.7. The number of hydrogen-bond acceptors (Lipinski definition) is 6. The van der Waals surface area contributed by atoms with Crippen molar-refractivity contribution < 1.29 is 28.5 Å². The van der Waals surface area contributed by atoms with E-state index in [-0.39, 0.29) is 13.2 Å². The average molecular weight is 308 g/mol. The van der Waals surface area contributed by atoms with Crippen LogP contribution in [0.4, 0.5) is 0 Å². The summed E-state index contributed by atoms with van der Waals surface area (Å²) in [5.74, 6) is -0.453. The number of rotatable bonds is 6. The lowest BCUT2D eigenvalue weighted by Gasteiger charge is -2.31. The van der Waals surface area contributed by atoms with E-state index in [1.54, 1.807) is 24.3 Å². The number of carbonyl (C=O) groups excluding carboxylic acids is 2. The number of fused-ring (bicyclic) bond motifs is 1. The van der Waals surface area contributed by atoms with Crippen LogP contribution in [0.5, 0.6) is 11.5 Å². The molecule has 0 amide bonds. The Morgan fingerprint density at radius 2 is 1.32 bits per heavy atom. The molecule has 0 N–H and O–H groups in total. The molecular formula is C16H20O6. The number of ether oxygens (including phenoxy) is 4. The lowest BCUT2D eigenvalue weighted by atomic mass is 10.1. The second-order valence-corrected chi connectivity index (χ2v) is 4.86. The van der Waals surface area contributed by atoms with Crippen molar-refractivity contribution in [2.75, 3.05) is 13.2 Å². The molecule has 2 rings (SSSR count). The summed E-state index contributed by atoms with van der Waals surface area (Å²) in [5, 5.41) is 0. The van der Waals surface area contributed by atoms with Gasteiger partial charge in [-0.25, -0.2) is 9.59 Å². The second kappa shape index (κ2) is 7.68. The Morgan fingerprint density at radius 1 is 0.909 bits per heavy atom. The van der Waals surface area contributed by atoms with Gasteiger partial charge in [0.05, 0.1) is 13.2 Å². The van der Waals surface area contributed by atoms with Crippen molar-refractivity contribution in [1.82, 2.24) is 0 Å². The number of hydrogen-bond donors (Lipinski definition) is 0. The number of para-hydroxylation sites is 2. The van der Waals surface area contributed by atoms with Crippen molar-refractivity contribution >= 4 is 11.9 Å². The van der Waals surface area contributed by atoms with Gasteiger partial charge in [0.15, 0.2) is 11.5 Å². The fourth-order valence-electron chi connectivity index (χ4n) is 1.96. The molecule has 22 heavy (non-hydrogen) atoms. The summed E-state index contributed by atoms with van der Waals surface area (Å²) in [6.07, 6.45) is -0.960. The van der Waals surface area contributed by atoms with Gasteiger partial charge < -0.3 is 18.9 Å². The molecule has 1 aromatic carbocycles. The van der Waals surface area contributed by atoms with E-state index in [0.29, 0.717) is 24.3 Å². The molecule has 2 atom stereocenters. The topological polar surface area (TPSA) is 71.1 Å². The molecule has 1 heterocycles. The van der Waals surface area contributed by atoms with Crippen molar-refractivity contribution in [2.45, 2.75) is 38.9 Å². The predicted molar refractivity (Wildman–Crippen MR) is 77.8 cm³/mol. The van der Waals surface area contributed by atoms with Crippen molar-refractivity contribution in [2.24, 2.45) is 0 Å². The summed E-state index contributed by atoms with van der Waals surface area (Å²) in [4.78, 5) is 24.2. The fraction of sp³-hybridized carbons (Fsp3) is 0.500. The number of esters is 2. The van der Waals surface area contributed by atoms with Crippen molar-refractivity contribution in [3.8, 4) is 11.5 Å². The SMILES string of the molecule is CCCOC(=O)C1Oc2ccccc2OC1C(=O)OCCC. The third-order valence-corrected chi connectivity index (χ3v) is 2.99. The average Bonchev–Trinajstić information content (AvgIpc) is 2.56. The van der Waals surface area contributed by atoms with Crippen LogP contribution in [0, 0.1) is 0 Å². The van der Waals surface area contributed by atoms with Gasteiger partial charge >= 0.3 is 11.9 Å². The number of benzene rings is 1. The molecule has 0 saturated heterocycles. The molecule has 0 radical (unpaired) electrons. The lowest BCUT2D eigenvalue weighted by Crippen LogP contribution is -2.51. The summed E-state index contributed by atoms with van der Waals surface area (Å²) in [7, 11) is 0. The molecule has 0 aromatic heterocycles. The van der Waals surface area contributed by atoms with Crippen molar-refractivity contribution in [3.05, 3.63) is 24.3 Å². The van der Waals surface area contributed by atoms with E-state index in [9.17, 15) is 9.59 Å². The minimum atomic E-state index is -1.16. The lowest BCUT2D eigenvalue weighted by molar-refractivity contribution is -0.171. The smallest absolute Gasteiger partial charge is 0.351 e. The van der Waals surface area contributed by atoms with E-state index in [1.807, 2.05) is 13.8 Å². The summed E-state index contributed by atoms with van der Waals surface area (Å²) in [6.45, 7) is 4.29. The van der Waals surface area contributed by atoms with Gasteiger partial charge in [0, 0.05) is 0 Å². The van der Waals surface area contributed by atoms with Gasteiger partial charge in [0.25, 0.3) is 0 Å². The van der Waals surface area contributed by atoms with Crippen LogP contribution in [0.15, 0.2) is 24.3 Å². The predicted octanol–water partition coefficient (Wildman–Crippen LogP) is 2.10. The summed E-state index contributed by atoms with van der Waals surface area (Å²) < 4.78 is 21.4. The monoisotopic (exact) mass is 308 g/mol. The zero-order chi connectivity index (χ0) is 15.9. The van der Waals surface area contributed by atoms with Crippen LogP contribution in [0.2, 0.25) is 0 Å². The van der Waals surface area contributed by atoms with Gasteiger partial charge in [0.2, 0.25) is 12.2 Å². The molecule has 120 valence electrons. The fourth-order valence-corrected chi connectivity index (χ4v) is 1.96. The molecule has 0 aliphatic carbocycles. The van der Waals surface area contributed by atoms with E-state index < -0.39 is 24.1 Å². The van der Waals surface area contributed by atoms with Crippen molar-refractivity contribution in [3.63, 3.8) is 0 Å². The summed E-state index contributed by atoms with van der Waals surface area (Å²) in [5.41, 5.74) is 0. The van der Waals surface area contributed by atoms with Crippen LogP contribution in [0.25, 0.3) is 0 Å². The normalized spacial score (nSPS) is 19.4. The van der Waals surface area contributed by atoms with E-state index in [1.165, 1.54) is 0 Å². The van der Waals surface area contributed by atoms with Gasteiger partial charge in [-0.1, -0.05) is 26.0 Å². The molecule has 1 aliphatic heterocycles. The third kappa shape index (κ3) is 3.69. The zero-order valence-corrected chi connectivity index (χ0v) is 12.7. The van der Waals surface area contributed by atoms with Crippen LogP contribution in [-0.2, 0) is 19.1 Å². The van der Waals surface area contributed by atoms with Gasteiger partial charge in [-0.2, -0.15) is 0 Å². The Kier molecular flexibility index (Phi) is 5.63. The van der Waals surface area contributed by atoms with Crippen LogP contribution < -0.4 is 9.47 Å². The Labute approximate surface area is 129 Å². The maximum atomic E-state index is 12.1. The molecule has 0 bridgehead atoms. The van der Waals surface area contributed by atoms with E-state index in [2.05, 4.69) is 0 Å². The number of carbonyl (C=O) groups is 2. The molecular weight excluding hydrogens is 288 g/mol. The first kappa shape index (κ1) is 16.1. The van der Waals surface area contributed by atoms with Crippen LogP contribution >= 0.6 is 0 Å². The Bertz CT molecular complexity index is 480. The van der Waals surface area contributed by atoms with E-state index >= 15 is 0 Å². The second-order valence-electron chi connectivity index (χ2n) is 4.86. The molecule has 0 spiro atoms. The molecule has 6 heteroatoms. The van der Waals surface area contributed by atoms with Gasteiger partial charge in [-0.05, 0) is 25.0 Å². The molecule has 1 aromatic rings. The van der Waals surface area contributed by atoms with Crippen molar-refractivity contribution in [1.29, 1.82) is 0 Å². The van der Waals surface area contributed by atoms with Crippen LogP contribution in [0.1, 0.15) is 26.7 Å². The highest BCUT2D eigenvalue weighted by atomic mass is 16.6. The molecule has 0 saturated carbocycles. The van der Waals surface area contributed by atoms with E-state index in [0.717, 1.165) is 0 Å². The minimum Gasteiger partial charge on any atom is -0.470 e. The quantitative estimate of drug-likeness (QED) is 0.750. The first-order valence-corrected chi connectivity index (χ1v) is 7.43. The third-order valence-electron chi connectivity index (χ3n) is 2.99. The zero-order valence-electron chi connectivity index (χ0n) is 12.7. The molecule has 2 unspecified atom stereocenters. The molecule has 0 fully saturated rings.